The molecule has 1 fully saturated rings. The van der Waals surface area contributed by atoms with Gasteiger partial charge in [0.2, 0.25) is 0 Å². The van der Waals surface area contributed by atoms with Crippen LogP contribution in [0.4, 0.5) is 0 Å². The van der Waals surface area contributed by atoms with E-state index in [0.29, 0.717) is 0 Å². The second kappa shape index (κ2) is 2.01. The van der Waals surface area contributed by atoms with E-state index in [-0.39, 0.29) is 0 Å². The van der Waals surface area contributed by atoms with Crippen LogP contribution >= 0.6 is 0 Å². The summed E-state index contributed by atoms with van der Waals surface area (Å²) in [6.07, 6.45) is -0.0463. The van der Waals surface area contributed by atoms with Crippen molar-refractivity contribution in [1.29, 1.82) is 0 Å². The Morgan fingerprint density at radius 2 is 1.25 bits per heavy atom. The minimum absolute atomic E-state index is 0.884. The summed E-state index contributed by atoms with van der Waals surface area (Å²) in [5.74, 6) is 0. The van der Waals surface area contributed by atoms with Crippen LogP contribution in [0, 0.1) is 12.8 Å². The fourth-order valence-electron chi connectivity index (χ4n) is 0.657. The monoisotopic (exact) mass is 116 g/mol. The van der Waals surface area contributed by atoms with E-state index in [1.807, 2.05) is 0 Å². The molecule has 0 aromatic rings. The van der Waals surface area contributed by atoms with Crippen LogP contribution < -0.4 is 0 Å². The van der Waals surface area contributed by atoms with Crippen LogP contribution in [0.5, 0.6) is 0 Å². The summed E-state index contributed by atoms with van der Waals surface area (Å²) in [5.41, 5.74) is 0. The van der Waals surface area contributed by atoms with Gasteiger partial charge in [-0.05, 0) is 12.8 Å². The number of hydrogen-bond donors (Lipinski definition) is 3. The maximum Gasteiger partial charge on any atom is 0.106 e. The molecule has 1 aliphatic carbocycles. The second-order valence-electron chi connectivity index (χ2n) is 1.86. The molecule has 1 aliphatic rings. The number of hydrogen-bond acceptors (Lipinski definition) is 3. The van der Waals surface area contributed by atoms with Crippen molar-refractivity contribution >= 4 is 0 Å². The van der Waals surface area contributed by atoms with Gasteiger partial charge in [0.05, 0.1) is 12.2 Å². The third kappa shape index (κ3) is 0.844. The van der Waals surface area contributed by atoms with E-state index in [1.54, 1.807) is 0 Å². The minimum Gasteiger partial charge on any atom is -0.390 e. The molecule has 8 heavy (non-hydrogen) atoms. The maximum atomic E-state index is 8.70. The zero-order valence-electron chi connectivity index (χ0n) is 4.23. The summed E-state index contributed by atoms with van der Waals surface area (Å²) in [6, 6.07) is 0. The van der Waals surface area contributed by atoms with Gasteiger partial charge in [0.1, 0.15) is 6.10 Å². The van der Waals surface area contributed by atoms with E-state index >= 15 is 0 Å². The molecule has 0 aromatic heterocycles. The van der Waals surface area contributed by atoms with Crippen molar-refractivity contribution in [2.75, 3.05) is 0 Å². The van der Waals surface area contributed by atoms with E-state index in [9.17, 15) is 0 Å². The first-order valence-electron chi connectivity index (χ1n) is 2.44. The minimum atomic E-state index is -1.02. The van der Waals surface area contributed by atoms with Gasteiger partial charge in [-0.1, -0.05) is 0 Å². The standard InChI is InChI=1S/C5H8O3/c6-3-1-2-4(7)5(3)8/h1-8H/t3-,4+,5+. The Hall–Kier alpha value is -0.120. The largest absolute Gasteiger partial charge is 0.390 e. The first-order chi connectivity index (χ1) is 3.72. The van der Waals surface area contributed by atoms with Crippen LogP contribution in [0.2, 0.25) is 0 Å². The normalized spacial score (nSPS) is 47.6. The third-order valence-corrected chi connectivity index (χ3v) is 1.21. The molecule has 0 aliphatic heterocycles. The Balaban J connectivity index is 2.44. The lowest BCUT2D eigenvalue weighted by Gasteiger charge is -2.08. The van der Waals surface area contributed by atoms with Crippen LogP contribution in [0.15, 0.2) is 0 Å². The zero-order valence-corrected chi connectivity index (χ0v) is 4.23. The fraction of sp³-hybridized carbons (Fsp3) is 0.600. The van der Waals surface area contributed by atoms with E-state index < -0.39 is 18.3 Å². The molecule has 0 unspecified atom stereocenters. The molecule has 0 saturated heterocycles. The molecule has 0 spiro atoms. The highest BCUT2D eigenvalue weighted by molar-refractivity contribution is 5.09. The molecule has 0 amide bonds. The van der Waals surface area contributed by atoms with Gasteiger partial charge in [0.25, 0.3) is 0 Å². The Morgan fingerprint density at radius 3 is 1.38 bits per heavy atom. The first kappa shape index (κ1) is 6.01. The molecule has 2 radical (unpaired) electrons. The first-order valence-corrected chi connectivity index (χ1v) is 2.44. The molecule has 0 heterocycles. The number of aliphatic hydroxyl groups excluding tert-OH is 3. The average Bonchev–Trinajstić information content (AvgIpc) is 1.98. The summed E-state index contributed by atoms with van der Waals surface area (Å²) >= 11 is 0. The third-order valence-electron chi connectivity index (χ3n) is 1.21. The lowest BCUT2D eigenvalue weighted by molar-refractivity contribution is -0.00730. The highest BCUT2D eigenvalue weighted by Gasteiger charge is 2.31. The molecular weight excluding hydrogens is 108 g/mol. The Morgan fingerprint density at radius 1 is 0.875 bits per heavy atom. The van der Waals surface area contributed by atoms with Gasteiger partial charge in [-0.15, -0.1) is 0 Å². The molecule has 0 bridgehead atoms. The zero-order chi connectivity index (χ0) is 6.15. The van der Waals surface area contributed by atoms with Crippen molar-refractivity contribution in [3.63, 3.8) is 0 Å². The van der Waals surface area contributed by atoms with Gasteiger partial charge in [-0.25, -0.2) is 0 Å². The van der Waals surface area contributed by atoms with Crippen molar-refractivity contribution < 1.29 is 15.3 Å². The quantitative estimate of drug-likeness (QED) is 0.360. The molecule has 3 nitrogen and oxygen atoms in total. The Bertz CT molecular complexity index is 73.7. The lowest BCUT2D eigenvalue weighted by Crippen LogP contribution is -2.28. The predicted molar refractivity (Wildman–Crippen MR) is 26.6 cm³/mol. The van der Waals surface area contributed by atoms with Gasteiger partial charge < -0.3 is 15.3 Å². The highest BCUT2D eigenvalue weighted by atomic mass is 16.4. The molecule has 3 atom stereocenters. The van der Waals surface area contributed by atoms with Gasteiger partial charge in [0, 0.05) is 0 Å². The van der Waals surface area contributed by atoms with Crippen molar-refractivity contribution in [1.82, 2.24) is 0 Å². The fourth-order valence-corrected chi connectivity index (χ4v) is 0.657. The van der Waals surface area contributed by atoms with E-state index in [2.05, 4.69) is 0 Å². The van der Waals surface area contributed by atoms with E-state index in [1.165, 1.54) is 12.8 Å². The molecule has 3 heteroatoms. The van der Waals surface area contributed by atoms with Crippen LogP contribution in [0.3, 0.4) is 0 Å². The highest BCUT2D eigenvalue weighted by Crippen LogP contribution is 2.16. The van der Waals surface area contributed by atoms with E-state index in [0.717, 1.165) is 0 Å². The van der Waals surface area contributed by atoms with Gasteiger partial charge in [-0.2, -0.15) is 0 Å². The SMILES string of the molecule is O[C@H]1[C@H](O)[CH][CH][C@@H]1O. The van der Waals surface area contributed by atoms with Crippen LogP contribution in [-0.2, 0) is 0 Å². The molecule has 46 valence electrons. The van der Waals surface area contributed by atoms with Crippen molar-refractivity contribution in [3.8, 4) is 0 Å². The second-order valence-corrected chi connectivity index (χ2v) is 1.86. The van der Waals surface area contributed by atoms with Gasteiger partial charge in [0.15, 0.2) is 0 Å². The molecule has 0 aromatic carbocycles. The van der Waals surface area contributed by atoms with Crippen molar-refractivity contribution in [2.24, 2.45) is 0 Å². The molecule has 1 rings (SSSR count). The Kier molecular flexibility index (Phi) is 1.51. The topological polar surface area (TPSA) is 60.7 Å². The van der Waals surface area contributed by atoms with Crippen LogP contribution in [0.1, 0.15) is 0 Å². The summed E-state index contributed by atoms with van der Waals surface area (Å²) in [4.78, 5) is 0. The lowest BCUT2D eigenvalue weighted by atomic mass is 10.2. The molecule has 1 saturated carbocycles. The number of rotatable bonds is 0. The smallest absolute Gasteiger partial charge is 0.106 e. The predicted octanol–water partition coefficient (Wildman–Crippen LogP) is -1.51. The summed E-state index contributed by atoms with van der Waals surface area (Å²) in [6.45, 7) is 0. The molecule has 3 N–H and O–H groups in total. The summed E-state index contributed by atoms with van der Waals surface area (Å²) in [7, 11) is 0. The Labute approximate surface area is 47.6 Å². The summed E-state index contributed by atoms with van der Waals surface area (Å²) in [5, 5.41) is 26.0. The van der Waals surface area contributed by atoms with Crippen LogP contribution in [-0.4, -0.2) is 33.6 Å². The molecular formula is C5H8O3. The van der Waals surface area contributed by atoms with E-state index in [4.69, 9.17) is 15.3 Å². The van der Waals surface area contributed by atoms with Crippen LogP contribution in [0.25, 0.3) is 0 Å². The van der Waals surface area contributed by atoms with Crippen molar-refractivity contribution in [3.05, 3.63) is 12.8 Å². The maximum absolute atomic E-state index is 8.70. The van der Waals surface area contributed by atoms with Crippen molar-refractivity contribution in [2.45, 2.75) is 18.3 Å². The average molecular weight is 116 g/mol. The van der Waals surface area contributed by atoms with Gasteiger partial charge >= 0.3 is 0 Å². The number of aliphatic hydroxyl groups is 3. The van der Waals surface area contributed by atoms with Gasteiger partial charge in [-0.3, -0.25) is 0 Å². The summed E-state index contributed by atoms with van der Waals surface area (Å²) < 4.78 is 0.